The van der Waals surface area contributed by atoms with E-state index in [0.29, 0.717) is 30.8 Å². The molecule has 92 valence electrons. The molecule has 0 heterocycles. The van der Waals surface area contributed by atoms with Crippen LogP contribution in [0.5, 0.6) is 0 Å². The molecule has 0 aliphatic heterocycles. The van der Waals surface area contributed by atoms with Crippen LogP contribution in [0.15, 0.2) is 24.3 Å². The first-order valence-corrected chi connectivity index (χ1v) is 5.48. The number of anilines is 1. The van der Waals surface area contributed by atoms with Crippen molar-refractivity contribution in [1.82, 2.24) is 10.6 Å². The highest BCUT2D eigenvalue weighted by molar-refractivity contribution is 5.94. The van der Waals surface area contributed by atoms with E-state index in [1.165, 1.54) is 6.92 Å². The van der Waals surface area contributed by atoms with Gasteiger partial charge in [-0.05, 0) is 24.6 Å². The van der Waals surface area contributed by atoms with E-state index in [2.05, 4.69) is 10.6 Å². The highest BCUT2D eigenvalue weighted by Crippen LogP contribution is 2.05. The van der Waals surface area contributed by atoms with E-state index in [0.717, 1.165) is 0 Å². The van der Waals surface area contributed by atoms with Gasteiger partial charge in [0.15, 0.2) is 0 Å². The lowest BCUT2D eigenvalue weighted by molar-refractivity contribution is -0.118. The first-order valence-electron chi connectivity index (χ1n) is 5.48. The molecule has 0 saturated carbocycles. The predicted molar refractivity (Wildman–Crippen MR) is 66.5 cm³/mol. The molecule has 1 aromatic carbocycles. The van der Waals surface area contributed by atoms with Gasteiger partial charge in [0, 0.05) is 31.3 Å². The summed E-state index contributed by atoms with van der Waals surface area (Å²) in [5.74, 6) is -0.215. The summed E-state index contributed by atoms with van der Waals surface area (Å²) >= 11 is 0. The van der Waals surface area contributed by atoms with Gasteiger partial charge in [-0.25, -0.2) is 0 Å². The summed E-state index contributed by atoms with van der Waals surface area (Å²) in [4.78, 5) is 22.2. The second kappa shape index (κ2) is 6.52. The van der Waals surface area contributed by atoms with E-state index in [1.807, 2.05) is 0 Å². The lowest BCUT2D eigenvalue weighted by atomic mass is 10.2. The van der Waals surface area contributed by atoms with Gasteiger partial charge in [0.05, 0.1) is 0 Å². The Morgan fingerprint density at radius 2 is 1.94 bits per heavy atom. The third-order valence-corrected chi connectivity index (χ3v) is 2.16. The maximum absolute atomic E-state index is 11.6. The zero-order valence-electron chi connectivity index (χ0n) is 9.82. The van der Waals surface area contributed by atoms with E-state index in [4.69, 9.17) is 5.73 Å². The molecule has 4 N–H and O–H groups in total. The molecule has 17 heavy (non-hydrogen) atoms. The van der Waals surface area contributed by atoms with Gasteiger partial charge < -0.3 is 16.4 Å². The van der Waals surface area contributed by atoms with Gasteiger partial charge in [0.1, 0.15) is 0 Å². The number of rotatable bonds is 5. The fourth-order valence-electron chi connectivity index (χ4n) is 1.34. The summed E-state index contributed by atoms with van der Waals surface area (Å²) < 4.78 is 0. The van der Waals surface area contributed by atoms with Crippen molar-refractivity contribution in [3.05, 3.63) is 29.8 Å². The van der Waals surface area contributed by atoms with Crippen molar-refractivity contribution < 1.29 is 9.59 Å². The zero-order valence-corrected chi connectivity index (χ0v) is 9.82. The molecule has 0 aliphatic rings. The van der Waals surface area contributed by atoms with Gasteiger partial charge in [0.25, 0.3) is 5.91 Å². The van der Waals surface area contributed by atoms with Crippen molar-refractivity contribution in [2.75, 3.05) is 18.8 Å². The Morgan fingerprint density at radius 3 is 2.59 bits per heavy atom. The van der Waals surface area contributed by atoms with E-state index in [-0.39, 0.29) is 11.8 Å². The SMILES string of the molecule is CC(=O)NCCCNC(=O)c1cccc(N)c1. The minimum absolute atomic E-state index is 0.0628. The van der Waals surface area contributed by atoms with Gasteiger partial charge in [-0.15, -0.1) is 0 Å². The third-order valence-electron chi connectivity index (χ3n) is 2.16. The molecule has 1 aromatic rings. The van der Waals surface area contributed by atoms with Gasteiger partial charge in [-0.1, -0.05) is 6.07 Å². The topological polar surface area (TPSA) is 84.2 Å². The maximum atomic E-state index is 11.6. The van der Waals surface area contributed by atoms with E-state index < -0.39 is 0 Å². The fourth-order valence-corrected chi connectivity index (χ4v) is 1.34. The molecule has 0 spiro atoms. The van der Waals surface area contributed by atoms with Crippen LogP contribution in [-0.2, 0) is 4.79 Å². The quantitative estimate of drug-likeness (QED) is 0.514. The predicted octanol–water partition coefficient (Wildman–Crippen LogP) is 0.525. The monoisotopic (exact) mass is 235 g/mol. The number of nitrogen functional groups attached to an aromatic ring is 1. The standard InChI is InChI=1S/C12H17N3O2/c1-9(16)14-6-3-7-15-12(17)10-4-2-5-11(13)8-10/h2,4-5,8H,3,6-7,13H2,1H3,(H,14,16)(H,15,17). The number of benzene rings is 1. The Morgan fingerprint density at radius 1 is 1.24 bits per heavy atom. The molecule has 0 fully saturated rings. The second-order valence-electron chi connectivity index (χ2n) is 3.72. The molecule has 5 heteroatoms. The number of carbonyl (C=O) groups excluding carboxylic acids is 2. The van der Waals surface area contributed by atoms with E-state index in [9.17, 15) is 9.59 Å². The minimum atomic E-state index is -0.153. The summed E-state index contributed by atoms with van der Waals surface area (Å²) in [6, 6.07) is 6.80. The average Bonchev–Trinajstić information content (AvgIpc) is 2.28. The van der Waals surface area contributed by atoms with Crippen LogP contribution in [0.2, 0.25) is 0 Å². The summed E-state index contributed by atoms with van der Waals surface area (Å²) in [7, 11) is 0. The summed E-state index contributed by atoms with van der Waals surface area (Å²) in [6.07, 6.45) is 0.702. The smallest absolute Gasteiger partial charge is 0.251 e. The Kier molecular flexibility index (Phi) is 5.00. The molecule has 0 radical (unpaired) electrons. The largest absolute Gasteiger partial charge is 0.399 e. The zero-order chi connectivity index (χ0) is 12.7. The molecular formula is C12H17N3O2. The molecule has 5 nitrogen and oxygen atoms in total. The second-order valence-corrected chi connectivity index (χ2v) is 3.72. The number of hydrogen-bond acceptors (Lipinski definition) is 3. The summed E-state index contributed by atoms with van der Waals surface area (Å²) in [6.45, 7) is 2.55. The molecule has 1 rings (SSSR count). The van der Waals surface area contributed by atoms with Crippen molar-refractivity contribution in [3.8, 4) is 0 Å². The molecule has 0 aromatic heterocycles. The molecule has 2 amide bonds. The van der Waals surface area contributed by atoms with E-state index in [1.54, 1.807) is 24.3 Å². The molecule has 0 atom stereocenters. The van der Waals surface area contributed by atoms with Crippen LogP contribution < -0.4 is 16.4 Å². The number of nitrogens with two attached hydrogens (primary N) is 1. The lowest BCUT2D eigenvalue weighted by Crippen LogP contribution is -2.28. The van der Waals surface area contributed by atoms with Crippen LogP contribution in [0.25, 0.3) is 0 Å². The first-order chi connectivity index (χ1) is 8.09. The van der Waals surface area contributed by atoms with E-state index >= 15 is 0 Å². The molecule has 0 aliphatic carbocycles. The van der Waals surface area contributed by atoms with Gasteiger partial charge >= 0.3 is 0 Å². The van der Waals surface area contributed by atoms with Crippen molar-refractivity contribution in [1.29, 1.82) is 0 Å². The fraction of sp³-hybridized carbons (Fsp3) is 0.333. The maximum Gasteiger partial charge on any atom is 0.251 e. The first kappa shape index (κ1) is 13.0. The molecule has 0 bridgehead atoms. The van der Waals surface area contributed by atoms with Crippen molar-refractivity contribution in [2.45, 2.75) is 13.3 Å². The minimum Gasteiger partial charge on any atom is -0.399 e. The number of hydrogen-bond donors (Lipinski definition) is 3. The lowest BCUT2D eigenvalue weighted by Gasteiger charge is -2.06. The third kappa shape index (κ3) is 5.01. The number of nitrogens with one attached hydrogen (secondary N) is 2. The van der Waals surface area contributed by atoms with Crippen LogP contribution in [-0.4, -0.2) is 24.9 Å². The molecule has 0 saturated heterocycles. The van der Waals surface area contributed by atoms with Gasteiger partial charge in [0.2, 0.25) is 5.91 Å². The summed E-state index contributed by atoms with van der Waals surface area (Å²) in [5, 5.41) is 5.41. The van der Waals surface area contributed by atoms with Crippen LogP contribution in [0, 0.1) is 0 Å². The number of carbonyl (C=O) groups is 2. The molecule has 0 unspecified atom stereocenters. The van der Waals surface area contributed by atoms with Crippen LogP contribution in [0.4, 0.5) is 5.69 Å². The van der Waals surface area contributed by atoms with Crippen LogP contribution in [0.1, 0.15) is 23.7 Å². The van der Waals surface area contributed by atoms with Gasteiger partial charge in [-0.3, -0.25) is 9.59 Å². The van der Waals surface area contributed by atoms with Crippen molar-refractivity contribution in [2.24, 2.45) is 0 Å². The number of amides is 2. The Bertz CT molecular complexity index is 404. The Balaban J connectivity index is 2.28. The normalized spacial score (nSPS) is 9.71. The summed E-state index contributed by atoms with van der Waals surface area (Å²) in [5.41, 5.74) is 6.69. The van der Waals surface area contributed by atoms with Gasteiger partial charge in [-0.2, -0.15) is 0 Å². The van der Waals surface area contributed by atoms with Crippen molar-refractivity contribution >= 4 is 17.5 Å². The van der Waals surface area contributed by atoms with Crippen LogP contribution >= 0.6 is 0 Å². The average molecular weight is 235 g/mol. The van der Waals surface area contributed by atoms with Crippen molar-refractivity contribution in [3.63, 3.8) is 0 Å². The molecular weight excluding hydrogens is 218 g/mol. The Labute approximate surface area is 100 Å². The highest BCUT2D eigenvalue weighted by Gasteiger charge is 2.04. The van der Waals surface area contributed by atoms with Crippen LogP contribution in [0.3, 0.4) is 0 Å². The highest BCUT2D eigenvalue weighted by atomic mass is 16.2. The Hall–Kier alpha value is -2.04.